The summed E-state index contributed by atoms with van der Waals surface area (Å²) in [6.45, 7) is 0. The summed E-state index contributed by atoms with van der Waals surface area (Å²) in [6.07, 6.45) is 2.66. The van der Waals surface area contributed by atoms with Crippen LogP contribution in [0.5, 0.6) is 0 Å². The predicted octanol–water partition coefficient (Wildman–Crippen LogP) is 3.01. The van der Waals surface area contributed by atoms with Crippen molar-refractivity contribution in [3.63, 3.8) is 0 Å². The van der Waals surface area contributed by atoms with Gasteiger partial charge < -0.3 is 0 Å². The Morgan fingerprint density at radius 3 is 2.05 bits per heavy atom. The van der Waals surface area contributed by atoms with E-state index in [1.807, 2.05) is 0 Å². The second-order valence-corrected chi connectivity index (χ2v) is 4.06. The summed E-state index contributed by atoms with van der Waals surface area (Å²) in [4.78, 5) is 11.6. The molecule has 8 heteroatoms. The van der Waals surface area contributed by atoms with Gasteiger partial charge in [-0.1, -0.05) is 0 Å². The molecule has 0 amide bonds. The monoisotopic (exact) mass is 302 g/mol. The minimum Gasteiger partial charge on any atom is -0.287 e. The molecular weight excluding hydrogens is 295 g/mol. The number of ketones is 1. The molecule has 110 valence electrons. The summed E-state index contributed by atoms with van der Waals surface area (Å²) in [5.74, 6) is -11.1. The number of carbonyl (C=O) groups excluding carboxylic acids is 1. The molecule has 2 aromatic rings. The van der Waals surface area contributed by atoms with E-state index in [9.17, 15) is 26.7 Å². The van der Waals surface area contributed by atoms with E-state index < -0.39 is 40.4 Å². The molecule has 0 bridgehead atoms. The summed E-state index contributed by atoms with van der Waals surface area (Å²) in [7, 11) is 1.55. The molecule has 3 nitrogen and oxygen atoms in total. The van der Waals surface area contributed by atoms with Crippen LogP contribution in [0.4, 0.5) is 22.0 Å². The smallest absolute Gasteiger partial charge is 0.206 e. The van der Waals surface area contributed by atoms with Crippen LogP contribution in [0.2, 0.25) is 0 Å². The van der Waals surface area contributed by atoms with Crippen molar-refractivity contribution in [3.8, 4) is 0 Å². The lowest BCUT2D eigenvalue weighted by Crippen LogP contribution is -2.04. The van der Waals surface area contributed by atoms with Gasteiger partial charge in [0.2, 0.25) is 11.6 Å². The van der Waals surface area contributed by atoms with Crippen LogP contribution in [-0.2, 0) is 7.05 Å². The highest BCUT2D eigenvalue weighted by Crippen LogP contribution is 2.24. The zero-order valence-corrected chi connectivity index (χ0v) is 10.5. The van der Waals surface area contributed by atoms with Gasteiger partial charge in [-0.2, -0.15) is 5.10 Å². The Kier molecular flexibility index (Phi) is 3.88. The van der Waals surface area contributed by atoms with Gasteiger partial charge in [0, 0.05) is 13.2 Å². The molecule has 0 saturated carbocycles. The minimum atomic E-state index is -2.25. The third kappa shape index (κ3) is 2.69. The van der Waals surface area contributed by atoms with E-state index >= 15 is 0 Å². The normalized spacial score (nSPS) is 11.3. The lowest BCUT2D eigenvalue weighted by molar-refractivity contribution is 0.104. The lowest BCUT2D eigenvalue weighted by atomic mass is 10.1. The number of carbonyl (C=O) groups is 1. The van der Waals surface area contributed by atoms with Crippen molar-refractivity contribution in [2.24, 2.45) is 7.05 Å². The first-order valence-corrected chi connectivity index (χ1v) is 5.56. The van der Waals surface area contributed by atoms with Gasteiger partial charge in [-0.05, 0) is 18.2 Å². The maximum absolute atomic E-state index is 13.4. The van der Waals surface area contributed by atoms with Gasteiger partial charge in [-0.25, -0.2) is 22.0 Å². The van der Waals surface area contributed by atoms with Crippen LogP contribution in [0, 0.1) is 29.1 Å². The van der Waals surface area contributed by atoms with Crippen molar-refractivity contribution in [2.75, 3.05) is 0 Å². The molecule has 0 saturated heterocycles. The first kappa shape index (κ1) is 14.9. The zero-order valence-electron chi connectivity index (χ0n) is 10.5. The molecule has 0 aliphatic rings. The maximum Gasteiger partial charge on any atom is 0.206 e. The highest BCUT2D eigenvalue weighted by molar-refractivity contribution is 6.05. The predicted molar refractivity (Wildman–Crippen MR) is 62.8 cm³/mol. The standard InChI is InChI=1S/C13H7F5N2O/c1-20-5-4-7(19-20)8(21)3-2-6-9(14)11(16)13(18)12(17)10(6)15/h2-5H,1H3/b3-2+. The molecule has 0 aliphatic heterocycles. The number of hydrogen-bond acceptors (Lipinski definition) is 2. The van der Waals surface area contributed by atoms with Crippen LogP contribution in [0.3, 0.4) is 0 Å². The van der Waals surface area contributed by atoms with Gasteiger partial charge in [0.1, 0.15) is 5.69 Å². The molecule has 2 rings (SSSR count). The van der Waals surface area contributed by atoms with Gasteiger partial charge >= 0.3 is 0 Å². The molecule has 21 heavy (non-hydrogen) atoms. The zero-order chi connectivity index (χ0) is 15.7. The topological polar surface area (TPSA) is 34.9 Å². The number of aromatic nitrogens is 2. The molecule has 0 N–H and O–H groups in total. The third-order valence-corrected chi connectivity index (χ3v) is 2.61. The second-order valence-electron chi connectivity index (χ2n) is 4.06. The van der Waals surface area contributed by atoms with E-state index in [-0.39, 0.29) is 5.69 Å². The van der Waals surface area contributed by atoms with Crippen LogP contribution >= 0.6 is 0 Å². The Labute approximate surface area is 115 Å². The summed E-state index contributed by atoms with van der Waals surface area (Å²) in [5, 5.41) is 3.74. The third-order valence-electron chi connectivity index (χ3n) is 2.61. The van der Waals surface area contributed by atoms with Crippen LogP contribution < -0.4 is 0 Å². The summed E-state index contributed by atoms with van der Waals surface area (Å²) < 4.78 is 66.8. The van der Waals surface area contributed by atoms with Crippen molar-refractivity contribution in [2.45, 2.75) is 0 Å². The summed E-state index contributed by atoms with van der Waals surface area (Å²) in [5.41, 5.74) is -1.21. The number of rotatable bonds is 3. The van der Waals surface area contributed by atoms with Crippen molar-refractivity contribution >= 4 is 11.9 Å². The van der Waals surface area contributed by atoms with E-state index in [2.05, 4.69) is 5.10 Å². The molecule has 0 unspecified atom stereocenters. The van der Waals surface area contributed by atoms with Crippen LogP contribution in [0.15, 0.2) is 18.3 Å². The molecule has 0 fully saturated rings. The van der Waals surface area contributed by atoms with E-state index in [4.69, 9.17) is 0 Å². The Bertz CT molecular complexity index is 722. The largest absolute Gasteiger partial charge is 0.287 e. The fraction of sp³-hybridized carbons (Fsp3) is 0.0769. The molecule has 0 spiro atoms. The van der Waals surface area contributed by atoms with E-state index in [0.29, 0.717) is 12.2 Å². The maximum atomic E-state index is 13.4. The van der Waals surface area contributed by atoms with Gasteiger partial charge in [-0.3, -0.25) is 9.48 Å². The number of aryl methyl sites for hydroxylation is 1. The minimum absolute atomic E-state index is 0.0300. The number of hydrogen-bond donors (Lipinski definition) is 0. The first-order valence-electron chi connectivity index (χ1n) is 5.56. The van der Waals surface area contributed by atoms with Crippen molar-refractivity contribution in [3.05, 3.63) is 58.7 Å². The Morgan fingerprint density at radius 1 is 1.05 bits per heavy atom. The van der Waals surface area contributed by atoms with Crippen LogP contribution in [0.25, 0.3) is 6.08 Å². The molecule has 1 aromatic carbocycles. The van der Waals surface area contributed by atoms with Crippen molar-refractivity contribution < 1.29 is 26.7 Å². The van der Waals surface area contributed by atoms with Crippen LogP contribution in [-0.4, -0.2) is 15.6 Å². The quantitative estimate of drug-likeness (QED) is 0.287. The van der Waals surface area contributed by atoms with Crippen molar-refractivity contribution in [1.29, 1.82) is 0 Å². The van der Waals surface area contributed by atoms with E-state index in [0.717, 1.165) is 0 Å². The number of nitrogens with zero attached hydrogens (tertiary/aromatic N) is 2. The van der Waals surface area contributed by atoms with Gasteiger partial charge in [0.15, 0.2) is 23.3 Å². The fourth-order valence-electron chi connectivity index (χ4n) is 1.56. The number of halogens is 5. The molecule has 0 atom stereocenters. The van der Waals surface area contributed by atoms with Crippen molar-refractivity contribution in [1.82, 2.24) is 9.78 Å². The summed E-state index contributed by atoms with van der Waals surface area (Å²) in [6, 6.07) is 1.34. The SMILES string of the molecule is Cn1ccc(C(=O)/C=C/c2c(F)c(F)c(F)c(F)c2F)n1. The highest BCUT2D eigenvalue weighted by atomic mass is 19.2. The average Bonchev–Trinajstić information content (AvgIpc) is 2.89. The Hall–Kier alpha value is -2.51. The fourth-order valence-corrected chi connectivity index (χ4v) is 1.56. The molecular formula is C13H7F5N2O. The number of benzene rings is 1. The molecule has 0 radical (unpaired) electrons. The lowest BCUT2D eigenvalue weighted by Gasteiger charge is -2.03. The second kappa shape index (κ2) is 5.47. The Morgan fingerprint density at radius 2 is 1.57 bits per heavy atom. The first-order chi connectivity index (χ1) is 9.82. The van der Waals surface area contributed by atoms with E-state index in [1.54, 1.807) is 7.05 Å². The highest BCUT2D eigenvalue weighted by Gasteiger charge is 2.24. The van der Waals surface area contributed by atoms with E-state index in [1.165, 1.54) is 16.9 Å². The average molecular weight is 302 g/mol. The van der Waals surface area contributed by atoms with Gasteiger partial charge in [-0.15, -0.1) is 0 Å². The van der Waals surface area contributed by atoms with Gasteiger partial charge in [0.25, 0.3) is 0 Å². The molecule has 0 aliphatic carbocycles. The van der Waals surface area contributed by atoms with Gasteiger partial charge in [0.05, 0.1) is 5.56 Å². The summed E-state index contributed by atoms with van der Waals surface area (Å²) >= 11 is 0. The molecule has 1 aromatic heterocycles. The number of allylic oxidation sites excluding steroid dienone is 1. The van der Waals surface area contributed by atoms with Crippen LogP contribution in [0.1, 0.15) is 16.1 Å². The molecule has 1 heterocycles. The Balaban J connectivity index is 2.40.